The number of aromatic amines is 1. The number of aliphatic hydroxyl groups is 1. The van der Waals surface area contributed by atoms with E-state index >= 15 is 0 Å². The summed E-state index contributed by atoms with van der Waals surface area (Å²) in [6.45, 7) is 4.90. The minimum Gasteiger partial charge on any atom is -0.390 e. The van der Waals surface area contributed by atoms with E-state index in [-0.39, 0.29) is 11.5 Å². The Kier molecular flexibility index (Phi) is 5.33. The first-order valence-electron chi connectivity index (χ1n) is 5.85. The average molecular weight is 275 g/mol. The molecule has 0 aliphatic rings. The summed E-state index contributed by atoms with van der Waals surface area (Å²) in [5.41, 5.74) is 0.481. The lowest BCUT2D eigenvalue weighted by molar-refractivity contribution is 0.277. The maximum atomic E-state index is 11.9. The number of sulfonamides is 1. The number of likely N-dealkylation sites (N-methyl/N-ethyl adjacent to an activating group) is 1. The molecule has 0 aromatic carbocycles. The monoisotopic (exact) mass is 275 g/mol. The predicted octanol–water partition coefficient (Wildman–Crippen LogP) is 0.126. The Morgan fingerprint density at radius 2 is 2.17 bits per heavy atom. The molecule has 3 N–H and O–H groups in total. The van der Waals surface area contributed by atoms with Crippen LogP contribution in [0.15, 0.2) is 17.2 Å². The van der Waals surface area contributed by atoms with Gasteiger partial charge in [0, 0.05) is 31.0 Å². The molecule has 0 radical (unpaired) electrons. The normalized spacial score (nSPS) is 12.6. The second kappa shape index (κ2) is 6.33. The third-order valence-corrected chi connectivity index (χ3v) is 4.28. The van der Waals surface area contributed by atoms with E-state index in [2.05, 4.69) is 14.6 Å². The maximum absolute atomic E-state index is 11.9. The zero-order chi connectivity index (χ0) is 13.8. The Hall–Kier alpha value is -0.890. The van der Waals surface area contributed by atoms with Crippen LogP contribution in [0.1, 0.15) is 19.5 Å². The highest BCUT2D eigenvalue weighted by atomic mass is 32.2. The summed E-state index contributed by atoms with van der Waals surface area (Å²) < 4.78 is 26.3. The van der Waals surface area contributed by atoms with E-state index in [0.29, 0.717) is 24.8 Å². The Morgan fingerprint density at radius 3 is 2.67 bits per heavy atom. The third-order valence-electron chi connectivity index (χ3n) is 2.84. The third kappa shape index (κ3) is 4.09. The SMILES string of the molecule is CC(C)N(C)CCNS(=O)(=O)c1c[nH]c(CO)c1. The highest BCUT2D eigenvalue weighted by Crippen LogP contribution is 2.10. The first-order chi connectivity index (χ1) is 8.36. The van der Waals surface area contributed by atoms with Gasteiger partial charge >= 0.3 is 0 Å². The molecule has 0 saturated carbocycles. The van der Waals surface area contributed by atoms with Crippen LogP contribution in [0.3, 0.4) is 0 Å². The minimum absolute atomic E-state index is 0.152. The summed E-state index contributed by atoms with van der Waals surface area (Å²) in [5.74, 6) is 0. The molecule has 6 nitrogen and oxygen atoms in total. The largest absolute Gasteiger partial charge is 0.390 e. The first-order valence-corrected chi connectivity index (χ1v) is 7.33. The van der Waals surface area contributed by atoms with Crippen LogP contribution in [-0.4, -0.2) is 49.6 Å². The molecule has 0 bridgehead atoms. The molecule has 7 heteroatoms. The summed E-state index contributed by atoms with van der Waals surface area (Å²) in [7, 11) is -1.55. The van der Waals surface area contributed by atoms with E-state index in [1.165, 1.54) is 12.3 Å². The van der Waals surface area contributed by atoms with Crippen molar-refractivity contribution in [3.05, 3.63) is 18.0 Å². The number of hydrogen-bond donors (Lipinski definition) is 3. The van der Waals surface area contributed by atoms with Gasteiger partial charge in [0.2, 0.25) is 10.0 Å². The molecule has 0 aliphatic heterocycles. The quantitative estimate of drug-likeness (QED) is 0.660. The lowest BCUT2D eigenvalue weighted by Crippen LogP contribution is -2.36. The van der Waals surface area contributed by atoms with Crippen molar-refractivity contribution in [2.45, 2.75) is 31.4 Å². The van der Waals surface area contributed by atoms with Crippen molar-refractivity contribution in [2.24, 2.45) is 0 Å². The van der Waals surface area contributed by atoms with Crippen LogP contribution in [-0.2, 0) is 16.6 Å². The summed E-state index contributed by atoms with van der Waals surface area (Å²) in [6, 6.07) is 1.80. The van der Waals surface area contributed by atoms with E-state index in [9.17, 15) is 8.42 Å². The molecule has 0 amide bonds. The van der Waals surface area contributed by atoms with Crippen LogP contribution in [0.2, 0.25) is 0 Å². The van der Waals surface area contributed by atoms with Gasteiger partial charge in [-0.05, 0) is 27.0 Å². The highest BCUT2D eigenvalue weighted by Gasteiger charge is 2.15. The molecule has 0 fully saturated rings. The molecule has 1 heterocycles. The number of aliphatic hydroxyl groups excluding tert-OH is 1. The number of nitrogens with zero attached hydrogens (tertiary/aromatic N) is 1. The molecule has 0 saturated heterocycles. The van der Waals surface area contributed by atoms with Crippen LogP contribution in [0, 0.1) is 0 Å². The fourth-order valence-electron chi connectivity index (χ4n) is 1.36. The van der Waals surface area contributed by atoms with E-state index in [0.717, 1.165) is 0 Å². The topological polar surface area (TPSA) is 85.4 Å². The van der Waals surface area contributed by atoms with Crippen molar-refractivity contribution in [3.63, 3.8) is 0 Å². The predicted molar refractivity (Wildman–Crippen MR) is 69.7 cm³/mol. The van der Waals surface area contributed by atoms with Crippen molar-refractivity contribution in [2.75, 3.05) is 20.1 Å². The summed E-state index contributed by atoms with van der Waals surface area (Å²) in [5, 5.41) is 8.87. The smallest absolute Gasteiger partial charge is 0.242 e. The van der Waals surface area contributed by atoms with Gasteiger partial charge in [0.15, 0.2) is 0 Å². The minimum atomic E-state index is -3.49. The molecule has 0 aliphatic carbocycles. The van der Waals surface area contributed by atoms with Gasteiger partial charge in [-0.2, -0.15) is 0 Å². The lowest BCUT2D eigenvalue weighted by Gasteiger charge is -2.20. The van der Waals surface area contributed by atoms with E-state index in [1.54, 1.807) is 0 Å². The number of aromatic nitrogens is 1. The Morgan fingerprint density at radius 1 is 1.50 bits per heavy atom. The van der Waals surface area contributed by atoms with Crippen molar-refractivity contribution in [1.82, 2.24) is 14.6 Å². The van der Waals surface area contributed by atoms with Gasteiger partial charge < -0.3 is 15.0 Å². The number of nitrogens with one attached hydrogen (secondary N) is 2. The Labute approximate surface area is 108 Å². The first kappa shape index (κ1) is 15.2. The molecule has 18 heavy (non-hydrogen) atoms. The standard InChI is InChI=1S/C11H21N3O3S/c1-9(2)14(3)5-4-13-18(16,17)11-6-10(8-15)12-7-11/h6-7,9,12-13,15H,4-5,8H2,1-3H3. The van der Waals surface area contributed by atoms with E-state index < -0.39 is 10.0 Å². The summed E-state index contributed by atoms with van der Waals surface area (Å²) in [4.78, 5) is 4.91. The second-order valence-corrected chi connectivity index (χ2v) is 6.26. The second-order valence-electron chi connectivity index (χ2n) is 4.49. The van der Waals surface area contributed by atoms with Crippen LogP contribution < -0.4 is 4.72 Å². The van der Waals surface area contributed by atoms with Gasteiger partial charge in [0.25, 0.3) is 0 Å². The van der Waals surface area contributed by atoms with Gasteiger partial charge in [-0.1, -0.05) is 0 Å². The van der Waals surface area contributed by atoms with Gasteiger partial charge in [-0.25, -0.2) is 13.1 Å². The zero-order valence-electron chi connectivity index (χ0n) is 11.0. The van der Waals surface area contributed by atoms with Crippen LogP contribution in [0.5, 0.6) is 0 Å². The maximum Gasteiger partial charge on any atom is 0.242 e. The van der Waals surface area contributed by atoms with Crippen molar-refractivity contribution in [3.8, 4) is 0 Å². The molecule has 1 rings (SSSR count). The van der Waals surface area contributed by atoms with Crippen molar-refractivity contribution < 1.29 is 13.5 Å². The Bertz CT molecular complexity index is 468. The fraction of sp³-hybridized carbons (Fsp3) is 0.636. The molecule has 1 aromatic heterocycles. The molecule has 104 valence electrons. The molecular weight excluding hydrogens is 254 g/mol. The van der Waals surface area contributed by atoms with Crippen LogP contribution in [0.4, 0.5) is 0 Å². The van der Waals surface area contributed by atoms with Crippen LogP contribution in [0.25, 0.3) is 0 Å². The number of rotatable bonds is 7. The molecule has 0 spiro atoms. The van der Waals surface area contributed by atoms with Crippen molar-refractivity contribution >= 4 is 10.0 Å². The molecular formula is C11H21N3O3S. The highest BCUT2D eigenvalue weighted by molar-refractivity contribution is 7.89. The number of hydrogen-bond acceptors (Lipinski definition) is 4. The van der Waals surface area contributed by atoms with Gasteiger partial charge in [-0.3, -0.25) is 0 Å². The van der Waals surface area contributed by atoms with Gasteiger partial charge in [-0.15, -0.1) is 0 Å². The lowest BCUT2D eigenvalue weighted by atomic mass is 10.3. The van der Waals surface area contributed by atoms with Crippen LogP contribution >= 0.6 is 0 Å². The van der Waals surface area contributed by atoms with E-state index in [1.807, 2.05) is 20.9 Å². The fourth-order valence-corrected chi connectivity index (χ4v) is 2.40. The van der Waals surface area contributed by atoms with Crippen molar-refractivity contribution in [1.29, 1.82) is 0 Å². The molecule has 0 unspecified atom stereocenters. The summed E-state index contributed by atoms with van der Waals surface area (Å²) >= 11 is 0. The number of H-pyrrole nitrogens is 1. The summed E-state index contributed by atoms with van der Waals surface area (Å²) in [6.07, 6.45) is 1.38. The molecule has 0 atom stereocenters. The van der Waals surface area contributed by atoms with E-state index in [4.69, 9.17) is 5.11 Å². The molecule has 1 aromatic rings. The Balaban J connectivity index is 2.55. The van der Waals surface area contributed by atoms with Gasteiger partial charge in [0.05, 0.1) is 11.5 Å². The average Bonchev–Trinajstić information content (AvgIpc) is 2.77. The van der Waals surface area contributed by atoms with Gasteiger partial charge in [0.1, 0.15) is 0 Å². The zero-order valence-corrected chi connectivity index (χ0v) is 11.8.